The number of fused-ring (bicyclic) bond motifs is 1. The van der Waals surface area contributed by atoms with E-state index in [0.29, 0.717) is 12.1 Å². The first-order chi connectivity index (χ1) is 14.3. The number of aromatic nitrogens is 1. The van der Waals surface area contributed by atoms with Crippen LogP contribution in [0, 0.1) is 0 Å². The average Bonchev–Trinajstić information content (AvgIpc) is 3.18. The molecule has 0 bridgehead atoms. The van der Waals surface area contributed by atoms with Gasteiger partial charge in [0.1, 0.15) is 0 Å². The number of amides is 1. The van der Waals surface area contributed by atoms with Crippen LogP contribution in [0.3, 0.4) is 0 Å². The highest BCUT2D eigenvalue weighted by atomic mass is 16.1. The Bertz CT molecular complexity index is 933. The Hall–Kier alpha value is -3.28. The van der Waals surface area contributed by atoms with E-state index >= 15 is 0 Å². The van der Waals surface area contributed by atoms with E-state index in [2.05, 4.69) is 62.0 Å². The molecule has 6 nitrogen and oxygen atoms in total. The molecule has 0 atom stereocenters. The first-order valence-corrected chi connectivity index (χ1v) is 10.1. The van der Waals surface area contributed by atoms with E-state index in [-0.39, 0.29) is 5.91 Å². The minimum Gasteiger partial charge on any atom is -0.356 e. The van der Waals surface area contributed by atoms with E-state index in [1.165, 1.54) is 10.9 Å². The third-order valence-corrected chi connectivity index (χ3v) is 4.74. The number of hydrogen-bond donors (Lipinski definition) is 3. The Morgan fingerprint density at radius 2 is 1.55 bits per heavy atom. The van der Waals surface area contributed by atoms with E-state index in [9.17, 15) is 4.79 Å². The number of benzene rings is 2. The van der Waals surface area contributed by atoms with Crippen LogP contribution >= 0.6 is 0 Å². The molecule has 0 unspecified atom stereocenters. The number of aliphatic imine (C=N–C) groups is 1. The predicted octanol–water partition coefficient (Wildman–Crippen LogP) is 3.02. The molecule has 3 N–H and O–H groups in total. The number of aryl methyl sites for hydroxylation is 1. The molecule has 0 saturated carbocycles. The second-order valence-electron chi connectivity index (χ2n) is 6.82. The maximum Gasteiger partial charge on any atom is 0.251 e. The van der Waals surface area contributed by atoms with E-state index in [0.717, 1.165) is 38.4 Å². The molecule has 0 saturated heterocycles. The van der Waals surface area contributed by atoms with Gasteiger partial charge in [0.05, 0.1) is 0 Å². The zero-order valence-electron chi connectivity index (χ0n) is 16.9. The smallest absolute Gasteiger partial charge is 0.251 e. The van der Waals surface area contributed by atoms with Crippen LogP contribution in [0.5, 0.6) is 0 Å². The van der Waals surface area contributed by atoms with Crippen molar-refractivity contribution in [1.82, 2.24) is 20.5 Å². The fourth-order valence-electron chi connectivity index (χ4n) is 3.20. The first kappa shape index (κ1) is 20.5. The summed E-state index contributed by atoms with van der Waals surface area (Å²) in [6.45, 7) is 3.18. The Morgan fingerprint density at radius 3 is 2.34 bits per heavy atom. The lowest BCUT2D eigenvalue weighted by molar-refractivity contribution is 0.0953. The van der Waals surface area contributed by atoms with Gasteiger partial charge in [-0.25, -0.2) is 0 Å². The summed E-state index contributed by atoms with van der Waals surface area (Å²) in [5.41, 5.74) is 1.96. The summed E-state index contributed by atoms with van der Waals surface area (Å²) in [6, 6.07) is 19.8. The fraction of sp³-hybridized carbons (Fsp3) is 0.304. The third-order valence-electron chi connectivity index (χ3n) is 4.74. The number of nitrogens with one attached hydrogen (secondary N) is 3. The van der Waals surface area contributed by atoms with Crippen molar-refractivity contribution in [1.29, 1.82) is 0 Å². The number of hydrogen-bond acceptors (Lipinski definition) is 2. The standard InChI is InChI=1S/C23H29N5O/c1-24-23(26-15-7-14-25-22(29)20-10-3-2-4-11-20)27-16-8-17-28-18-13-19-9-5-6-12-21(19)28/h2-6,9-13,18H,7-8,14-17H2,1H3,(H,25,29)(H2,24,26,27). The number of guanidine groups is 1. The maximum absolute atomic E-state index is 12.0. The van der Waals surface area contributed by atoms with E-state index in [1.807, 2.05) is 30.3 Å². The van der Waals surface area contributed by atoms with Crippen molar-refractivity contribution in [2.45, 2.75) is 19.4 Å². The lowest BCUT2D eigenvalue weighted by Crippen LogP contribution is -2.39. The lowest BCUT2D eigenvalue weighted by atomic mass is 10.2. The highest BCUT2D eigenvalue weighted by molar-refractivity contribution is 5.94. The van der Waals surface area contributed by atoms with Crippen molar-refractivity contribution < 1.29 is 4.79 Å². The zero-order valence-corrected chi connectivity index (χ0v) is 16.9. The molecule has 0 aliphatic rings. The number of carbonyl (C=O) groups is 1. The summed E-state index contributed by atoms with van der Waals surface area (Å²) in [6.07, 6.45) is 3.97. The molecule has 1 amide bonds. The maximum atomic E-state index is 12.0. The number of nitrogens with zero attached hydrogens (tertiary/aromatic N) is 2. The topological polar surface area (TPSA) is 70.4 Å². The van der Waals surface area contributed by atoms with Gasteiger partial charge in [0.15, 0.2) is 5.96 Å². The molecule has 152 valence electrons. The molecule has 0 fully saturated rings. The monoisotopic (exact) mass is 391 g/mol. The van der Waals surface area contributed by atoms with Crippen LogP contribution in [-0.4, -0.2) is 43.1 Å². The molecular weight excluding hydrogens is 362 g/mol. The Kier molecular flexibility index (Phi) is 7.69. The lowest BCUT2D eigenvalue weighted by Gasteiger charge is -2.12. The largest absolute Gasteiger partial charge is 0.356 e. The minimum absolute atomic E-state index is 0.0364. The van der Waals surface area contributed by atoms with E-state index < -0.39 is 0 Å². The van der Waals surface area contributed by atoms with E-state index in [4.69, 9.17) is 0 Å². The van der Waals surface area contributed by atoms with Gasteiger partial charge in [-0.1, -0.05) is 36.4 Å². The normalized spacial score (nSPS) is 11.4. The molecule has 0 radical (unpaired) electrons. The molecule has 29 heavy (non-hydrogen) atoms. The first-order valence-electron chi connectivity index (χ1n) is 10.1. The summed E-state index contributed by atoms with van der Waals surface area (Å²) in [7, 11) is 1.77. The Labute approximate surface area is 172 Å². The van der Waals surface area contributed by atoms with Gasteiger partial charge in [0.25, 0.3) is 5.91 Å². The second-order valence-corrected chi connectivity index (χ2v) is 6.82. The summed E-state index contributed by atoms with van der Waals surface area (Å²) in [5.74, 6) is 0.752. The zero-order chi connectivity index (χ0) is 20.3. The van der Waals surface area contributed by atoms with Gasteiger partial charge >= 0.3 is 0 Å². The molecule has 3 rings (SSSR count). The number of para-hydroxylation sites is 1. The van der Waals surface area contributed by atoms with Gasteiger partial charge in [0.2, 0.25) is 0 Å². The predicted molar refractivity (Wildman–Crippen MR) is 119 cm³/mol. The molecule has 1 heterocycles. The van der Waals surface area contributed by atoms with Gasteiger partial charge in [-0.3, -0.25) is 9.79 Å². The quantitative estimate of drug-likeness (QED) is 0.298. The summed E-state index contributed by atoms with van der Waals surface area (Å²) in [5, 5.41) is 10.8. The van der Waals surface area contributed by atoms with Crippen molar-refractivity contribution in [2.75, 3.05) is 26.7 Å². The van der Waals surface area contributed by atoms with Crippen molar-refractivity contribution in [3.05, 3.63) is 72.4 Å². The molecule has 1 aromatic heterocycles. The SMILES string of the molecule is CN=C(NCCCNC(=O)c1ccccc1)NCCCn1ccc2ccccc21. The highest BCUT2D eigenvalue weighted by Crippen LogP contribution is 2.15. The summed E-state index contributed by atoms with van der Waals surface area (Å²) in [4.78, 5) is 16.2. The van der Waals surface area contributed by atoms with Crippen LogP contribution in [0.1, 0.15) is 23.2 Å². The van der Waals surface area contributed by atoms with Crippen molar-refractivity contribution in [3.8, 4) is 0 Å². The second kappa shape index (κ2) is 10.9. The van der Waals surface area contributed by atoms with Gasteiger partial charge in [0, 0.05) is 50.5 Å². The third kappa shape index (κ3) is 6.10. The van der Waals surface area contributed by atoms with Gasteiger partial charge < -0.3 is 20.5 Å². The summed E-state index contributed by atoms with van der Waals surface area (Å²) >= 11 is 0. The minimum atomic E-state index is -0.0364. The van der Waals surface area contributed by atoms with Gasteiger partial charge in [-0.05, 0) is 42.5 Å². The van der Waals surface area contributed by atoms with Crippen molar-refractivity contribution >= 4 is 22.8 Å². The molecule has 6 heteroatoms. The summed E-state index contributed by atoms with van der Waals surface area (Å²) < 4.78 is 2.28. The van der Waals surface area contributed by atoms with Crippen LogP contribution in [0.2, 0.25) is 0 Å². The number of carbonyl (C=O) groups excluding carboxylic acids is 1. The molecule has 0 aliphatic heterocycles. The van der Waals surface area contributed by atoms with E-state index in [1.54, 1.807) is 7.05 Å². The van der Waals surface area contributed by atoms with Crippen LogP contribution in [0.25, 0.3) is 10.9 Å². The van der Waals surface area contributed by atoms with Crippen LogP contribution in [0.15, 0.2) is 71.9 Å². The molecule has 0 aliphatic carbocycles. The number of rotatable bonds is 9. The molecular formula is C23H29N5O. The van der Waals surface area contributed by atoms with Gasteiger partial charge in [-0.2, -0.15) is 0 Å². The van der Waals surface area contributed by atoms with Crippen LogP contribution in [0.4, 0.5) is 0 Å². The van der Waals surface area contributed by atoms with Gasteiger partial charge in [-0.15, -0.1) is 0 Å². The fourth-order valence-corrected chi connectivity index (χ4v) is 3.20. The van der Waals surface area contributed by atoms with Crippen LogP contribution in [-0.2, 0) is 6.54 Å². The van der Waals surface area contributed by atoms with Crippen molar-refractivity contribution in [2.24, 2.45) is 4.99 Å². The Balaban J connectivity index is 1.29. The molecule has 0 spiro atoms. The van der Waals surface area contributed by atoms with Crippen LogP contribution < -0.4 is 16.0 Å². The molecule has 3 aromatic rings. The Morgan fingerprint density at radius 1 is 0.862 bits per heavy atom. The molecule has 2 aromatic carbocycles. The average molecular weight is 392 g/mol. The highest BCUT2D eigenvalue weighted by Gasteiger charge is 2.03. The van der Waals surface area contributed by atoms with Crippen molar-refractivity contribution in [3.63, 3.8) is 0 Å².